The lowest BCUT2D eigenvalue weighted by Crippen LogP contribution is -2.39. The zero-order chi connectivity index (χ0) is 15.0. The smallest absolute Gasteiger partial charge is 0.279 e. The molecular weight excluding hydrogens is 280 g/mol. The van der Waals surface area contributed by atoms with Gasteiger partial charge in [-0.25, -0.2) is 4.72 Å². The van der Waals surface area contributed by atoms with E-state index in [0.717, 1.165) is 11.3 Å². The van der Waals surface area contributed by atoms with Crippen LogP contribution >= 0.6 is 0 Å². The summed E-state index contributed by atoms with van der Waals surface area (Å²) in [6, 6.07) is 7.52. The molecule has 0 fully saturated rings. The van der Waals surface area contributed by atoms with Crippen LogP contribution in [0.3, 0.4) is 0 Å². The number of hydrogen-bond acceptors (Lipinski definition) is 4. The summed E-state index contributed by atoms with van der Waals surface area (Å²) in [4.78, 5) is 0. The average Bonchev–Trinajstić information content (AvgIpc) is 2.44. The minimum atomic E-state index is -3.48. The number of aliphatic hydroxyl groups is 1. The zero-order valence-corrected chi connectivity index (χ0v) is 12.7. The fourth-order valence-electron chi connectivity index (χ4n) is 1.68. The zero-order valence-electron chi connectivity index (χ0n) is 11.9. The van der Waals surface area contributed by atoms with Gasteiger partial charge in [0.2, 0.25) is 0 Å². The van der Waals surface area contributed by atoms with Crippen LogP contribution in [0.1, 0.15) is 12.0 Å². The van der Waals surface area contributed by atoms with Crippen molar-refractivity contribution in [2.75, 3.05) is 33.9 Å². The molecule has 0 spiro atoms. The lowest BCUT2D eigenvalue weighted by Gasteiger charge is -2.17. The lowest BCUT2D eigenvalue weighted by molar-refractivity contribution is 0.275. The molecule has 0 aliphatic rings. The van der Waals surface area contributed by atoms with E-state index in [2.05, 4.69) is 4.72 Å². The van der Waals surface area contributed by atoms with Crippen molar-refractivity contribution in [1.82, 2.24) is 9.03 Å². The minimum Gasteiger partial charge on any atom is -0.497 e. The van der Waals surface area contributed by atoms with Crippen molar-refractivity contribution >= 4 is 10.2 Å². The van der Waals surface area contributed by atoms with Crippen LogP contribution < -0.4 is 9.46 Å². The summed E-state index contributed by atoms with van der Waals surface area (Å²) in [5.41, 5.74) is 1.00. The molecule has 7 heteroatoms. The Morgan fingerprint density at radius 2 is 2.15 bits per heavy atom. The van der Waals surface area contributed by atoms with Gasteiger partial charge in [-0.3, -0.25) is 0 Å². The highest BCUT2D eigenvalue weighted by molar-refractivity contribution is 7.87. The molecule has 0 amide bonds. The number of rotatable bonds is 9. The Hall–Kier alpha value is -1.15. The van der Waals surface area contributed by atoms with Gasteiger partial charge in [-0.1, -0.05) is 12.1 Å². The summed E-state index contributed by atoms with van der Waals surface area (Å²) < 4.78 is 32.6. The molecule has 20 heavy (non-hydrogen) atoms. The Bertz CT molecular complexity index is 505. The van der Waals surface area contributed by atoms with Gasteiger partial charge in [0, 0.05) is 26.7 Å². The van der Waals surface area contributed by atoms with Crippen LogP contribution in [0.4, 0.5) is 0 Å². The van der Waals surface area contributed by atoms with E-state index >= 15 is 0 Å². The number of aliphatic hydroxyl groups excluding tert-OH is 1. The van der Waals surface area contributed by atoms with Crippen molar-refractivity contribution < 1.29 is 18.3 Å². The topological polar surface area (TPSA) is 78.9 Å². The predicted molar refractivity (Wildman–Crippen MR) is 78.0 cm³/mol. The van der Waals surface area contributed by atoms with Crippen LogP contribution in [-0.4, -0.2) is 51.7 Å². The van der Waals surface area contributed by atoms with Crippen molar-refractivity contribution in [3.63, 3.8) is 0 Å². The molecule has 0 aliphatic heterocycles. The molecule has 0 unspecified atom stereocenters. The van der Waals surface area contributed by atoms with E-state index in [4.69, 9.17) is 9.84 Å². The molecule has 6 nitrogen and oxygen atoms in total. The van der Waals surface area contributed by atoms with Crippen LogP contribution in [0.5, 0.6) is 5.75 Å². The van der Waals surface area contributed by atoms with Crippen LogP contribution in [0.25, 0.3) is 0 Å². The molecule has 0 heterocycles. The number of nitrogens with zero attached hydrogens (tertiary/aromatic N) is 1. The van der Waals surface area contributed by atoms with Gasteiger partial charge >= 0.3 is 0 Å². The largest absolute Gasteiger partial charge is 0.497 e. The molecule has 114 valence electrons. The maximum atomic E-state index is 11.9. The highest BCUT2D eigenvalue weighted by Gasteiger charge is 2.15. The number of benzene rings is 1. The van der Waals surface area contributed by atoms with Gasteiger partial charge in [0.05, 0.1) is 7.11 Å². The summed E-state index contributed by atoms with van der Waals surface area (Å²) in [6.45, 7) is 0.591. The van der Waals surface area contributed by atoms with Crippen molar-refractivity contribution in [1.29, 1.82) is 0 Å². The second kappa shape index (κ2) is 8.21. The first kappa shape index (κ1) is 16.9. The third kappa shape index (κ3) is 5.46. The van der Waals surface area contributed by atoms with E-state index in [9.17, 15) is 8.42 Å². The highest BCUT2D eigenvalue weighted by atomic mass is 32.2. The second-order valence-corrected chi connectivity index (χ2v) is 6.26. The Balaban J connectivity index is 2.46. The third-order valence-corrected chi connectivity index (χ3v) is 4.45. The van der Waals surface area contributed by atoms with E-state index in [0.29, 0.717) is 25.9 Å². The molecular formula is C13H22N2O4S. The first-order chi connectivity index (χ1) is 9.49. The molecule has 1 aromatic rings. The number of methoxy groups -OCH3 is 1. The Morgan fingerprint density at radius 3 is 2.80 bits per heavy atom. The van der Waals surface area contributed by atoms with E-state index in [1.165, 1.54) is 11.4 Å². The first-order valence-electron chi connectivity index (χ1n) is 6.44. The van der Waals surface area contributed by atoms with E-state index in [1.54, 1.807) is 7.11 Å². The maximum Gasteiger partial charge on any atom is 0.279 e. The quantitative estimate of drug-likeness (QED) is 0.691. The molecule has 1 aromatic carbocycles. The molecule has 2 N–H and O–H groups in total. The second-order valence-electron chi connectivity index (χ2n) is 4.40. The maximum absolute atomic E-state index is 11.9. The summed E-state index contributed by atoms with van der Waals surface area (Å²) in [5.74, 6) is 0.755. The van der Waals surface area contributed by atoms with Crippen molar-refractivity contribution in [3.8, 4) is 5.75 Å². The van der Waals surface area contributed by atoms with Gasteiger partial charge < -0.3 is 9.84 Å². The minimum absolute atomic E-state index is 0.0241. The summed E-state index contributed by atoms with van der Waals surface area (Å²) in [6.07, 6.45) is 1.01. The van der Waals surface area contributed by atoms with Gasteiger partial charge in [0.15, 0.2) is 0 Å². The predicted octanol–water partition coefficient (Wildman–Crippen LogP) is 0.386. The van der Waals surface area contributed by atoms with E-state index < -0.39 is 10.2 Å². The van der Waals surface area contributed by atoms with Gasteiger partial charge in [-0.15, -0.1) is 0 Å². The van der Waals surface area contributed by atoms with E-state index in [1.807, 2.05) is 24.3 Å². The molecule has 0 radical (unpaired) electrons. The molecule has 0 aliphatic carbocycles. The highest BCUT2D eigenvalue weighted by Crippen LogP contribution is 2.12. The summed E-state index contributed by atoms with van der Waals surface area (Å²) in [7, 11) is -0.393. The summed E-state index contributed by atoms with van der Waals surface area (Å²) >= 11 is 0. The van der Waals surface area contributed by atoms with Crippen molar-refractivity contribution in [2.24, 2.45) is 0 Å². The fourth-order valence-corrected chi connectivity index (χ4v) is 2.63. The van der Waals surface area contributed by atoms with Crippen LogP contribution in [0, 0.1) is 0 Å². The molecule has 0 saturated carbocycles. The Kier molecular flexibility index (Phi) is 6.94. The van der Waals surface area contributed by atoms with Crippen LogP contribution in [0.2, 0.25) is 0 Å². The number of hydrogen-bond donors (Lipinski definition) is 2. The Morgan fingerprint density at radius 1 is 1.40 bits per heavy atom. The third-order valence-electron chi connectivity index (χ3n) is 2.87. The monoisotopic (exact) mass is 302 g/mol. The van der Waals surface area contributed by atoms with Gasteiger partial charge in [0.1, 0.15) is 5.75 Å². The van der Waals surface area contributed by atoms with Gasteiger partial charge in [-0.2, -0.15) is 12.7 Å². The molecule has 0 atom stereocenters. The van der Waals surface area contributed by atoms with Crippen molar-refractivity contribution in [2.45, 2.75) is 12.8 Å². The SMILES string of the molecule is COc1cccc(CCNS(=O)(=O)N(C)CCCO)c1. The van der Waals surface area contributed by atoms with Gasteiger partial charge in [0.25, 0.3) is 10.2 Å². The first-order valence-corrected chi connectivity index (χ1v) is 7.88. The Labute approximate surface area is 120 Å². The number of ether oxygens (including phenoxy) is 1. The van der Waals surface area contributed by atoms with E-state index in [-0.39, 0.29) is 6.61 Å². The normalized spacial score (nSPS) is 11.8. The molecule has 0 saturated heterocycles. The molecule has 0 bridgehead atoms. The lowest BCUT2D eigenvalue weighted by atomic mass is 10.1. The standard InChI is InChI=1S/C13H22N2O4S/c1-15(9-4-10-16)20(17,18)14-8-7-12-5-3-6-13(11-12)19-2/h3,5-6,11,14,16H,4,7-10H2,1-2H3. The molecule has 0 aromatic heterocycles. The summed E-state index contributed by atoms with van der Waals surface area (Å²) in [5, 5.41) is 8.70. The van der Waals surface area contributed by atoms with Gasteiger partial charge in [-0.05, 0) is 30.5 Å². The average molecular weight is 302 g/mol. The number of nitrogens with one attached hydrogen (secondary N) is 1. The molecule has 1 rings (SSSR count). The van der Waals surface area contributed by atoms with Crippen LogP contribution in [-0.2, 0) is 16.6 Å². The fraction of sp³-hybridized carbons (Fsp3) is 0.538. The van der Waals surface area contributed by atoms with Crippen molar-refractivity contribution in [3.05, 3.63) is 29.8 Å². The van der Waals surface area contributed by atoms with Crippen LogP contribution in [0.15, 0.2) is 24.3 Å².